The number of allylic oxidation sites excluding steroid dienone is 4. The summed E-state index contributed by atoms with van der Waals surface area (Å²) in [5.74, 6) is -1.07. The Balaban J connectivity index is 1.76. The standard InChI is InChI=1S/C21H25FO4/c1-20-6-5-11(24)7-15(20)16(22)8-12-13-3-4-14(18(26)10-23)21(13,2)9-17(25)19(12)20/h5-7,12-14,16,19,23H,3-4,8-10H2,1-2H3/t12-,13-,14+,16-,19+,20-,21-/m0/s1. The second kappa shape index (κ2) is 5.69. The van der Waals surface area contributed by atoms with Gasteiger partial charge in [0.15, 0.2) is 11.6 Å². The normalized spacial score (nSPS) is 47.1. The van der Waals surface area contributed by atoms with Crippen LogP contribution >= 0.6 is 0 Å². The van der Waals surface area contributed by atoms with Gasteiger partial charge in [-0.05, 0) is 54.2 Å². The Morgan fingerprint density at radius 3 is 2.73 bits per heavy atom. The second-order valence-corrected chi connectivity index (χ2v) is 8.97. The first-order valence-electron chi connectivity index (χ1n) is 9.48. The maximum absolute atomic E-state index is 15.1. The van der Waals surface area contributed by atoms with Crippen LogP contribution in [0, 0.1) is 34.5 Å². The minimum Gasteiger partial charge on any atom is -0.389 e. The number of hydrogen-bond donors (Lipinski definition) is 1. The van der Waals surface area contributed by atoms with Crippen LogP contribution in [0.3, 0.4) is 0 Å². The van der Waals surface area contributed by atoms with Crippen LogP contribution in [0.4, 0.5) is 4.39 Å². The van der Waals surface area contributed by atoms with E-state index in [0.29, 0.717) is 12.0 Å². The van der Waals surface area contributed by atoms with Crippen molar-refractivity contribution in [3.05, 3.63) is 23.8 Å². The van der Waals surface area contributed by atoms with E-state index in [4.69, 9.17) is 0 Å². The molecule has 3 saturated carbocycles. The number of halogens is 1. The molecule has 0 saturated heterocycles. The fraction of sp³-hybridized carbons (Fsp3) is 0.667. The molecule has 4 rings (SSSR count). The van der Waals surface area contributed by atoms with Crippen LogP contribution in [0.5, 0.6) is 0 Å². The third-order valence-corrected chi connectivity index (χ3v) is 7.78. The van der Waals surface area contributed by atoms with Crippen LogP contribution in [0.1, 0.15) is 39.5 Å². The van der Waals surface area contributed by atoms with Crippen molar-refractivity contribution in [2.45, 2.75) is 45.7 Å². The summed E-state index contributed by atoms with van der Waals surface area (Å²) in [6.45, 7) is 3.34. The smallest absolute Gasteiger partial charge is 0.178 e. The zero-order valence-electron chi connectivity index (χ0n) is 15.2. The van der Waals surface area contributed by atoms with Gasteiger partial charge in [-0.1, -0.05) is 19.9 Å². The number of rotatable bonds is 2. The fourth-order valence-corrected chi connectivity index (χ4v) is 6.68. The fourth-order valence-electron chi connectivity index (χ4n) is 6.68. The van der Waals surface area contributed by atoms with Gasteiger partial charge in [0.05, 0.1) is 0 Å². The lowest BCUT2D eigenvalue weighted by Crippen LogP contribution is -2.56. The van der Waals surface area contributed by atoms with E-state index in [-0.39, 0.29) is 53.9 Å². The first-order valence-corrected chi connectivity index (χ1v) is 9.48. The Morgan fingerprint density at radius 2 is 2.04 bits per heavy atom. The van der Waals surface area contributed by atoms with Crippen LogP contribution in [0.15, 0.2) is 23.8 Å². The average molecular weight is 360 g/mol. The number of carbonyl (C=O) groups excluding carboxylic acids is 3. The summed E-state index contributed by atoms with van der Waals surface area (Å²) in [6.07, 6.45) is 5.27. The SMILES string of the molecule is C[C@]12CC(=O)[C@H]3[C@@H](C[C@H](F)C4=CC(=O)C=C[C@@]43C)[C@@H]1CC[C@@H]2C(=O)CO. The maximum Gasteiger partial charge on any atom is 0.178 e. The van der Waals surface area contributed by atoms with Gasteiger partial charge in [-0.25, -0.2) is 4.39 Å². The van der Waals surface area contributed by atoms with Gasteiger partial charge in [0.25, 0.3) is 0 Å². The zero-order valence-corrected chi connectivity index (χ0v) is 15.2. The predicted molar refractivity (Wildman–Crippen MR) is 92.9 cm³/mol. The number of aliphatic hydroxyl groups is 1. The third kappa shape index (κ3) is 2.19. The highest BCUT2D eigenvalue weighted by atomic mass is 19.1. The molecule has 0 aromatic rings. The molecule has 0 radical (unpaired) electrons. The molecule has 140 valence electrons. The lowest BCUT2D eigenvalue weighted by atomic mass is 9.47. The van der Waals surface area contributed by atoms with Crippen molar-refractivity contribution in [2.24, 2.45) is 34.5 Å². The number of Topliss-reactive ketones (excluding diaryl/α,β-unsaturated/α-hetero) is 2. The Kier molecular flexibility index (Phi) is 3.89. The van der Waals surface area contributed by atoms with Gasteiger partial charge in [0.2, 0.25) is 0 Å². The third-order valence-electron chi connectivity index (χ3n) is 7.78. The molecule has 3 fully saturated rings. The van der Waals surface area contributed by atoms with Gasteiger partial charge in [-0.2, -0.15) is 0 Å². The highest BCUT2D eigenvalue weighted by Gasteiger charge is 2.64. The van der Waals surface area contributed by atoms with Crippen molar-refractivity contribution < 1.29 is 23.9 Å². The molecular formula is C21H25FO4. The Bertz CT molecular complexity index is 753. The number of carbonyl (C=O) groups is 3. The van der Waals surface area contributed by atoms with Crippen LogP contribution in [0.25, 0.3) is 0 Å². The molecule has 26 heavy (non-hydrogen) atoms. The van der Waals surface area contributed by atoms with E-state index >= 15 is 4.39 Å². The van der Waals surface area contributed by atoms with Gasteiger partial charge in [0.1, 0.15) is 18.6 Å². The van der Waals surface area contributed by atoms with Crippen molar-refractivity contribution in [3.63, 3.8) is 0 Å². The summed E-state index contributed by atoms with van der Waals surface area (Å²) >= 11 is 0. The van der Waals surface area contributed by atoms with Crippen LogP contribution in [-0.4, -0.2) is 35.2 Å². The first kappa shape index (κ1) is 17.8. The maximum atomic E-state index is 15.1. The number of hydrogen-bond acceptors (Lipinski definition) is 4. The summed E-state index contributed by atoms with van der Waals surface area (Å²) in [6, 6.07) is 0. The van der Waals surface area contributed by atoms with Gasteiger partial charge >= 0.3 is 0 Å². The zero-order chi connectivity index (χ0) is 18.9. The molecular weight excluding hydrogens is 335 g/mol. The molecule has 0 spiro atoms. The summed E-state index contributed by atoms with van der Waals surface area (Å²) in [5.41, 5.74) is -0.818. The average Bonchev–Trinajstić information content (AvgIpc) is 2.92. The molecule has 4 aliphatic carbocycles. The van der Waals surface area contributed by atoms with Crippen molar-refractivity contribution in [3.8, 4) is 0 Å². The molecule has 5 heteroatoms. The van der Waals surface area contributed by atoms with Gasteiger partial charge < -0.3 is 5.11 Å². The number of aliphatic hydroxyl groups excluding tert-OH is 1. The Hall–Kier alpha value is -1.62. The minimum absolute atomic E-state index is 0.0608. The van der Waals surface area contributed by atoms with E-state index in [0.717, 1.165) is 6.42 Å². The minimum atomic E-state index is -1.24. The molecule has 0 unspecified atom stereocenters. The molecule has 0 heterocycles. The van der Waals surface area contributed by atoms with E-state index in [1.54, 1.807) is 6.08 Å². The summed E-state index contributed by atoms with van der Waals surface area (Å²) in [4.78, 5) is 37.2. The van der Waals surface area contributed by atoms with E-state index in [2.05, 4.69) is 0 Å². The topological polar surface area (TPSA) is 71.4 Å². The number of alkyl halides is 1. The van der Waals surface area contributed by atoms with E-state index in [1.807, 2.05) is 13.8 Å². The lowest BCUT2D eigenvalue weighted by molar-refractivity contribution is -0.147. The Labute approximate surface area is 152 Å². The summed E-state index contributed by atoms with van der Waals surface area (Å²) in [5, 5.41) is 9.32. The van der Waals surface area contributed by atoms with Crippen molar-refractivity contribution in [1.82, 2.24) is 0 Å². The summed E-state index contributed by atoms with van der Waals surface area (Å²) in [7, 11) is 0. The molecule has 0 bridgehead atoms. The predicted octanol–water partition coefficient (Wildman–Crippen LogP) is 2.60. The Morgan fingerprint density at radius 1 is 1.31 bits per heavy atom. The molecule has 4 aliphatic rings. The monoisotopic (exact) mass is 360 g/mol. The highest BCUT2D eigenvalue weighted by Crippen LogP contribution is 2.65. The molecule has 7 atom stereocenters. The molecule has 0 amide bonds. The van der Waals surface area contributed by atoms with Crippen LogP contribution in [0.2, 0.25) is 0 Å². The molecule has 0 aliphatic heterocycles. The molecule has 4 nitrogen and oxygen atoms in total. The van der Waals surface area contributed by atoms with Gasteiger partial charge in [-0.15, -0.1) is 0 Å². The van der Waals surface area contributed by atoms with E-state index in [1.165, 1.54) is 12.2 Å². The van der Waals surface area contributed by atoms with E-state index < -0.39 is 23.6 Å². The first-order chi connectivity index (χ1) is 12.2. The van der Waals surface area contributed by atoms with Crippen molar-refractivity contribution in [1.29, 1.82) is 0 Å². The molecule has 0 aromatic heterocycles. The summed E-state index contributed by atoms with van der Waals surface area (Å²) < 4.78 is 15.1. The largest absolute Gasteiger partial charge is 0.389 e. The molecule has 0 aromatic carbocycles. The van der Waals surface area contributed by atoms with E-state index in [9.17, 15) is 19.5 Å². The lowest BCUT2D eigenvalue weighted by Gasteiger charge is -2.56. The van der Waals surface area contributed by atoms with Gasteiger partial charge in [-0.3, -0.25) is 14.4 Å². The van der Waals surface area contributed by atoms with Crippen molar-refractivity contribution in [2.75, 3.05) is 6.61 Å². The highest BCUT2D eigenvalue weighted by molar-refractivity contribution is 6.02. The van der Waals surface area contributed by atoms with Crippen molar-refractivity contribution >= 4 is 17.3 Å². The van der Waals surface area contributed by atoms with Gasteiger partial charge in [0, 0.05) is 23.7 Å². The molecule has 1 N–H and O–H groups in total. The van der Waals surface area contributed by atoms with Crippen LogP contribution in [-0.2, 0) is 14.4 Å². The number of fused-ring (bicyclic) bond motifs is 5. The quantitative estimate of drug-likeness (QED) is 0.822. The number of ketones is 3. The second-order valence-electron chi connectivity index (χ2n) is 8.97. The van der Waals surface area contributed by atoms with Crippen LogP contribution < -0.4 is 0 Å².